The maximum atomic E-state index is 10.6. The molecule has 0 amide bonds. The summed E-state index contributed by atoms with van der Waals surface area (Å²) in [6.45, 7) is 1.18. The summed E-state index contributed by atoms with van der Waals surface area (Å²) in [5.74, 6) is 6.70. The summed E-state index contributed by atoms with van der Waals surface area (Å²) in [6.07, 6.45) is -1.99. The van der Waals surface area contributed by atoms with Crippen molar-refractivity contribution in [3.05, 3.63) is 48.0 Å². The van der Waals surface area contributed by atoms with E-state index in [4.69, 9.17) is 4.74 Å². The number of hydrogen-bond donors (Lipinski definition) is 4. The van der Waals surface area contributed by atoms with Crippen molar-refractivity contribution in [3.8, 4) is 11.8 Å². The lowest BCUT2D eigenvalue weighted by molar-refractivity contribution is -0.132. The van der Waals surface area contributed by atoms with Gasteiger partial charge in [0.15, 0.2) is 22.7 Å². The molecule has 9 heteroatoms. The van der Waals surface area contributed by atoms with E-state index in [9.17, 15) is 15.3 Å². The fourth-order valence-corrected chi connectivity index (χ4v) is 3.42. The van der Waals surface area contributed by atoms with Gasteiger partial charge in [-0.2, -0.15) is 0 Å². The summed E-state index contributed by atoms with van der Waals surface area (Å²) >= 11 is 0. The lowest BCUT2D eigenvalue weighted by Crippen LogP contribution is -2.43. The highest BCUT2D eigenvalue weighted by molar-refractivity contribution is 5.83. The lowest BCUT2D eigenvalue weighted by Gasteiger charge is -2.29. The van der Waals surface area contributed by atoms with Gasteiger partial charge in [-0.3, -0.25) is 4.57 Å². The van der Waals surface area contributed by atoms with Gasteiger partial charge in [-0.1, -0.05) is 24.1 Å². The summed E-state index contributed by atoms with van der Waals surface area (Å²) < 4.78 is 7.30. The second kappa shape index (κ2) is 7.42. The Morgan fingerprint density at radius 3 is 2.62 bits per heavy atom. The molecule has 0 aliphatic carbocycles. The molecule has 9 nitrogen and oxygen atoms in total. The van der Waals surface area contributed by atoms with Crippen LogP contribution in [-0.2, 0) is 10.5 Å². The van der Waals surface area contributed by atoms with Crippen molar-refractivity contribution in [1.82, 2.24) is 19.5 Å². The van der Waals surface area contributed by atoms with E-state index < -0.39 is 30.6 Å². The zero-order valence-electron chi connectivity index (χ0n) is 15.9. The monoisotopic (exact) mass is 395 g/mol. The fraction of sp³-hybridized carbons (Fsp3) is 0.350. The third-order valence-corrected chi connectivity index (χ3v) is 5.03. The van der Waals surface area contributed by atoms with E-state index in [0.29, 0.717) is 17.0 Å². The van der Waals surface area contributed by atoms with Crippen LogP contribution >= 0.6 is 0 Å². The number of nitrogens with one attached hydrogen (secondary N) is 1. The van der Waals surface area contributed by atoms with Gasteiger partial charge in [0.2, 0.25) is 5.82 Å². The number of benzene rings is 1. The predicted octanol–water partition coefficient (Wildman–Crippen LogP) is 0.0534. The molecule has 3 heterocycles. The average molecular weight is 395 g/mol. The Balaban J connectivity index is 1.82. The first-order valence-corrected chi connectivity index (χ1v) is 9.13. The molecule has 1 fully saturated rings. The summed E-state index contributed by atoms with van der Waals surface area (Å²) in [5, 5.41) is 33.2. The smallest absolute Gasteiger partial charge is 0.209 e. The number of aromatic nitrogens is 4. The Morgan fingerprint density at radius 2 is 1.97 bits per heavy atom. The van der Waals surface area contributed by atoms with Gasteiger partial charge < -0.3 is 25.4 Å². The molecule has 3 aromatic rings. The quantitative estimate of drug-likeness (QED) is 0.459. The number of rotatable bonds is 3. The third-order valence-electron chi connectivity index (χ3n) is 5.03. The van der Waals surface area contributed by atoms with Crippen molar-refractivity contribution < 1.29 is 20.1 Å². The van der Waals surface area contributed by atoms with Gasteiger partial charge in [0, 0.05) is 12.6 Å². The first-order chi connectivity index (χ1) is 14.0. The molecule has 0 spiro atoms. The topological polar surface area (TPSA) is 126 Å². The minimum absolute atomic E-state index is 0.266. The molecule has 1 aliphatic heterocycles. The molecule has 1 saturated heterocycles. The largest absolute Gasteiger partial charge is 0.394 e. The number of aliphatic hydroxyl groups excluding tert-OH is 3. The molecule has 4 N–H and O–H groups in total. The normalized spacial score (nSPS) is 26.3. The van der Waals surface area contributed by atoms with Crippen molar-refractivity contribution in [1.29, 1.82) is 0 Å². The minimum atomic E-state index is -1.37. The van der Waals surface area contributed by atoms with Gasteiger partial charge >= 0.3 is 0 Å². The van der Waals surface area contributed by atoms with Gasteiger partial charge in [0.05, 0.1) is 12.9 Å². The maximum absolute atomic E-state index is 10.6. The van der Waals surface area contributed by atoms with Crippen LogP contribution in [0, 0.1) is 11.8 Å². The second-order valence-corrected chi connectivity index (χ2v) is 6.88. The number of nitrogens with zero attached hydrogens (tertiary/aromatic N) is 4. The van der Waals surface area contributed by atoms with Crippen LogP contribution in [0.15, 0.2) is 36.7 Å². The first-order valence-electron chi connectivity index (χ1n) is 9.13. The Hall–Kier alpha value is -3.03. The molecule has 1 aromatic carbocycles. The van der Waals surface area contributed by atoms with Crippen molar-refractivity contribution in [3.63, 3.8) is 0 Å². The van der Waals surface area contributed by atoms with Crippen molar-refractivity contribution in [2.75, 3.05) is 19.0 Å². The standard InChI is InChI=1S/C20H21N5O4/c1-20(17(28)16(27)13(10-26)29-20)25-11-22-15-18(21-2)23-14(24-19(15)25)9-8-12-6-4-3-5-7-12/h3-7,11,13,16-17,26-28H,10H2,1-2H3,(H,21,23,24)/t13-,16-,17-,20-/m1/s1. The number of hydrogen-bond acceptors (Lipinski definition) is 8. The predicted molar refractivity (Wildman–Crippen MR) is 105 cm³/mol. The summed E-state index contributed by atoms with van der Waals surface area (Å²) in [4.78, 5) is 13.2. The SMILES string of the molecule is CNc1nc(C#Cc2ccccc2)nc2c1ncn2[C@]1(C)O[C@H](CO)[C@@H](O)[C@H]1O. The van der Waals surface area contributed by atoms with E-state index in [1.54, 1.807) is 14.0 Å². The molecule has 0 radical (unpaired) electrons. The summed E-state index contributed by atoms with van der Waals surface area (Å²) in [5.41, 5.74) is 0.308. The van der Waals surface area contributed by atoms with E-state index in [-0.39, 0.29) is 5.82 Å². The van der Waals surface area contributed by atoms with Gasteiger partial charge in [0.1, 0.15) is 18.3 Å². The molecule has 4 rings (SSSR count). The van der Waals surface area contributed by atoms with Crippen LogP contribution in [0.4, 0.5) is 5.82 Å². The molecule has 29 heavy (non-hydrogen) atoms. The van der Waals surface area contributed by atoms with E-state index in [1.807, 2.05) is 30.3 Å². The highest BCUT2D eigenvalue weighted by Crippen LogP contribution is 2.37. The molecule has 0 bridgehead atoms. The molecule has 1 aliphatic rings. The molecule has 2 aromatic heterocycles. The van der Waals surface area contributed by atoms with Crippen LogP contribution in [0.5, 0.6) is 0 Å². The lowest BCUT2D eigenvalue weighted by atomic mass is 10.0. The van der Waals surface area contributed by atoms with E-state index in [1.165, 1.54) is 10.9 Å². The number of anilines is 1. The summed E-state index contributed by atoms with van der Waals surface area (Å²) in [7, 11) is 1.71. The number of imidazole rings is 1. The molecular weight excluding hydrogens is 374 g/mol. The van der Waals surface area contributed by atoms with E-state index in [2.05, 4.69) is 32.1 Å². The maximum Gasteiger partial charge on any atom is 0.209 e. The van der Waals surface area contributed by atoms with Crippen molar-refractivity contribution in [2.24, 2.45) is 0 Å². The van der Waals surface area contributed by atoms with Crippen LogP contribution in [0.25, 0.3) is 11.2 Å². The minimum Gasteiger partial charge on any atom is -0.394 e. The Labute approximate surface area is 167 Å². The number of ether oxygens (including phenoxy) is 1. The highest BCUT2D eigenvalue weighted by Gasteiger charge is 2.53. The van der Waals surface area contributed by atoms with Crippen LogP contribution < -0.4 is 5.32 Å². The summed E-state index contributed by atoms with van der Waals surface area (Å²) in [6, 6.07) is 9.46. The third kappa shape index (κ3) is 3.22. The first kappa shape index (κ1) is 19.3. The van der Waals surface area contributed by atoms with Gasteiger partial charge in [0.25, 0.3) is 0 Å². The van der Waals surface area contributed by atoms with Gasteiger partial charge in [-0.25, -0.2) is 15.0 Å². The van der Waals surface area contributed by atoms with Crippen LogP contribution in [0.2, 0.25) is 0 Å². The molecular formula is C20H21N5O4. The van der Waals surface area contributed by atoms with E-state index in [0.717, 1.165) is 5.56 Å². The second-order valence-electron chi connectivity index (χ2n) is 6.88. The van der Waals surface area contributed by atoms with Crippen molar-refractivity contribution >= 4 is 17.0 Å². The zero-order chi connectivity index (χ0) is 20.6. The van der Waals surface area contributed by atoms with Gasteiger partial charge in [-0.15, -0.1) is 0 Å². The average Bonchev–Trinajstić information content (AvgIpc) is 3.28. The number of fused-ring (bicyclic) bond motifs is 1. The molecule has 4 atom stereocenters. The van der Waals surface area contributed by atoms with Gasteiger partial charge in [-0.05, 0) is 25.0 Å². The van der Waals surface area contributed by atoms with Crippen LogP contribution in [0.1, 0.15) is 18.3 Å². The highest BCUT2D eigenvalue weighted by atomic mass is 16.6. The van der Waals surface area contributed by atoms with E-state index >= 15 is 0 Å². The van der Waals surface area contributed by atoms with Crippen LogP contribution in [-0.4, -0.2) is 66.8 Å². The number of aliphatic hydroxyl groups is 3. The Bertz CT molecular complexity index is 1090. The fourth-order valence-electron chi connectivity index (χ4n) is 3.42. The molecule has 0 unspecified atom stereocenters. The van der Waals surface area contributed by atoms with Crippen LogP contribution in [0.3, 0.4) is 0 Å². The van der Waals surface area contributed by atoms with Crippen molar-refractivity contribution in [2.45, 2.75) is 31.0 Å². The Morgan fingerprint density at radius 1 is 1.21 bits per heavy atom. The molecule has 0 saturated carbocycles. The molecule has 150 valence electrons. The Kier molecular flexibility index (Phi) is 4.94. The zero-order valence-corrected chi connectivity index (χ0v) is 15.9.